The van der Waals surface area contributed by atoms with Crippen LogP contribution in [0, 0.1) is 14.3 Å². The van der Waals surface area contributed by atoms with Crippen molar-refractivity contribution in [2.45, 2.75) is 19.3 Å². The van der Waals surface area contributed by atoms with Gasteiger partial charge in [0, 0.05) is 6.42 Å². The van der Waals surface area contributed by atoms with E-state index in [9.17, 15) is 19.8 Å². The number of phenolic OH excluding ortho intramolecular Hbond substituents is 2. The third kappa shape index (κ3) is 8.16. The first kappa shape index (κ1) is 25.2. The Morgan fingerprint density at radius 2 is 1.00 bits per heavy atom. The zero-order chi connectivity index (χ0) is 21.6. The molecule has 0 aliphatic carbocycles. The van der Waals surface area contributed by atoms with Crippen LogP contribution in [0.2, 0.25) is 0 Å². The van der Waals surface area contributed by atoms with Gasteiger partial charge in [-0.3, -0.25) is 9.59 Å². The van der Waals surface area contributed by atoms with E-state index in [2.05, 4.69) is 0 Å². The first-order valence-electron chi connectivity index (χ1n) is 8.32. The topological polar surface area (TPSA) is 93.1 Å². The van der Waals surface area contributed by atoms with E-state index in [1.165, 1.54) is 0 Å². The molecule has 156 valence electrons. The molecule has 0 spiro atoms. The molecule has 0 fully saturated rings. The molecule has 0 saturated heterocycles. The number of hydrogen-bond donors (Lipinski definition) is 2. The Morgan fingerprint density at radius 3 is 1.31 bits per heavy atom. The van der Waals surface area contributed by atoms with Crippen LogP contribution in [0.5, 0.6) is 11.5 Å². The summed E-state index contributed by atoms with van der Waals surface area (Å²) < 4.78 is 13.1. The minimum absolute atomic E-state index is 0.115. The zero-order valence-corrected chi connectivity index (χ0v) is 23.5. The second-order valence-electron chi connectivity index (χ2n) is 5.96. The minimum atomic E-state index is -0.373. The molecule has 0 atom stereocenters. The van der Waals surface area contributed by atoms with E-state index in [-0.39, 0.29) is 49.5 Å². The number of benzene rings is 2. The molecule has 0 bridgehead atoms. The van der Waals surface area contributed by atoms with Gasteiger partial charge < -0.3 is 19.7 Å². The van der Waals surface area contributed by atoms with Gasteiger partial charge in [0.15, 0.2) is 0 Å². The van der Waals surface area contributed by atoms with E-state index in [0.29, 0.717) is 20.7 Å². The van der Waals surface area contributed by atoms with Gasteiger partial charge in [-0.15, -0.1) is 0 Å². The number of esters is 2. The zero-order valence-electron chi connectivity index (χ0n) is 14.9. The van der Waals surface area contributed by atoms with Crippen LogP contribution in [-0.4, -0.2) is 35.4 Å². The Balaban J connectivity index is 1.69. The fourth-order valence-corrected chi connectivity index (χ4v) is 6.10. The fourth-order valence-electron chi connectivity index (χ4n) is 2.31. The number of phenols is 2. The van der Waals surface area contributed by atoms with Crippen LogP contribution in [0.4, 0.5) is 0 Å². The van der Waals surface area contributed by atoms with Crippen LogP contribution >= 0.6 is 90.4 Å². The first-order valence-corrected chi connectivity index (χ1v) is 12.6. The Morgan fingerprint density at radius 1 is 0.690 bits per heavy atom. The number of ether oxygens (including phenoxy) is 2. The molecule has 0 aliphatic heterocycles. The van der Waals surface area contributed by atoms with Gasteiger partial charge >= 0.3 is 11.9 Å². The van der Waals surface area contributed by atoms with E-state index in [0.717, 1.165) is 11.1 Å². The average molecular weight is 848 g/mol. The molecule has 0 aromatic heterocycles. The van der Waals surface area contributed by atoms with Crippen LogP contribution in [0.3, 0.4) is 0 Å². The largest absolute Gasteiger partial charge is 0.506 e. The molecule has 2 aromatic rings. The van der Waals surface area contributed by atoms with Crippen molar-refractivity contribution in [3.63, 3.8) is 0 Å². The van der Waals surface area contributed by atoms with Crippen LogP contribution in [0.25, 0.3) is 0 Å². The minimum Gasteiger partial charge on any atom is -0.506 e. The molecule has 2 rings (SSSR count). The van der Waals surface area contributed by atoms with Gasteiger partial charge in [0.25, 0.3) is 0 Å². The summed E-state index contributed by atoms with van der Waals surface area (Å²) in [6.07, 6.45) is 0.640. The predicted molar refractivity (Wildman–Crippen MR) is 141 cm³/mol. The molecule has 10 heteroatoms. The molecule has 0 amide bonds. The summed E-state index contributed by atoms with van der Waals surface area (Å²) >= 11 is 8.05. The van der Waals surface area contributed by atoms with Crippen LogP contribution in [0.1, 0.15) is 17.5 Å². The third-order valence-corrected chi connectivity index (χ3v) is 6.95. The van der Waals surface area contributed by atoms with Gasteiger partial charge in [0.1, 0.15) is 11.5 Å². The highest BCUT2D eigenvalue weighted by Crippen LogP contribution is 2.28. The lowest BCUT2D eigenvalue weighted by molar-refractivity contribution is -0.145. The van der Waals surface area contributed by atoms with Crippen LogP contribution < -0.4 is 0 Å². The van der Waals surface area contributed by atoms with E-state index < -0.39 is 0 Å². The maximum atomic E-state index is 11.9. The van der Waals surface area contributed by atoms with Crippen molar-refractivity contribution >= 4 is 102 Å². The third-order valence-electron chi connectivity index (χ3n) is 3.67. The highest BCUT2D eigenvalue weighted by Gasteiger charge is 2.12. The normalized spacial score (nSPS) is 10.6. The summed E-state index contributed by atoms with van der Waals surface area (Å²) in [5.74, 6) is -0.326. The number of halogens is 4. The molecule has 2 aromatic carbocycles. The Hall–Kier alpha value is -0.100. The Labute approximate surface area is 222 Å². The van der Waals surface area contributed by atoms with Crippen molar-refractivity contribution in [2.24, 2.45) is 0 Å². The number of carbonyl (C=O) groups excluding carboxylic acids is 2. The van der Waals surface area contributed by atoms with Crippen LogP contribution in [-0.2, 0) is 31.9 Å². The SMILES string of the molecule is O=C(Cc1cc(I)c(O)c(I)c1)OCCCOC(=O)Cc1cc(I)c(O)c(I)c1. The van der Waals surface area contributed by atoms with Crippen molar-refractivity contribution in [3.05, 3.63) is 49.7 Å². The van der Waals surface area contributed by atoms with Crippen molar-refractivity contribution in [2.75, 3.05) is 13.2 Å². The molecule has 29 heavy (non-hydrogen) atoms. The quantitative estimate of drug-likeness (QED) is 0.226. The molecular formula is C19H16I4O6. The number of aromatic hydroxyl groups is 2. The van der Waals surface area contributed by atoms with E-state index >= 15 is 0 Å². The Bertz CT molecular complexity index is 796. The smallest absolute Gasteiger partial charge is 0.310 e. The van der Waals surface area contributed by atoms with Crippen molar-refractivity contribution in [1.29, 1.82) is 0 Å². The van der Waals surface area contributed by atoms with Gasteiger partial charge in [-0.05, 0) is 126 Å². The molecule has 0 aliphatic rings. The van der Waals surface area contributed by atoms with Gasteiger partial charge in [-0.25, -0.2) is 0 Å². The second-order valence-corrected chi connectivity index (χ2v) is 10.6. The maximum Gasteiger partial charge on any atom is 0.310 e. The molecular weight excluding hydrogens is 832 g/mol. The maximum absolute atomic E-state index is 11.9. The monoisotopic (exact) mass is 848 g/mol. The number of hydrogen-bond acceptors (Lipinski definition) is 6. The molecule has 0 radical (unpaired) electrons. The van der Waals surface area contributed by atoms with E-state index in [4.69, 9.17) is 9.47 Å². The van der Waals surface area contributed by atoms with Gasteiger partial charge in [-0.1, -0.05) is 0 Å². The highest BCUT2D eigenvalue weighted by atomic mass is 127. The fraction of sp³-hybridized carbons (Fsp3) is 0.263. The molecule has 0 unspecified atom stereocenters. The summed E-state index contributed by atoms with van der Waals surface area (Å²) in [5, 5.41) is 19.5. The lowest BCUT2D eigenvalue weighted by atomic mass is 10.1. The first-order chi connectivity index (χ1) is 13.7. The van der Waals surface area contributed by atoms with E-state index in [1.807, 2.05) is 90.4 Å². The predicted octanol–water partition coefficient (Wildman–Crippen LogP) is 4.78. The summed E-state index contributed by atoms with van der Waals surface area (Å²) in [4.78, 5) is 23.9. The highest BCUT2D eigenvalue weighted by molar-refractivity contribution is 14.1. The summed E-state index contributed by atoms with van der Waals surface area (Å²) in [6.45, 7) is 0.320. The lowest BCUT2D eigenvalue weighted by Gasteiger charge is -2.09. The van der Waals surface area contributed by atoms with Gasteiger partial charge in [-0.2, -0.15) is 0 Å². The standard InChI is InChI=1S/C19H16I4O6/c20-12-4-10(5-13(21)18(12)26)8-16(24)28-2-1-3-29-17(25)9-11-6-14(22)19(27)15(23)7-11/h4-7,26-27H,1-3,8-9H2. The van der Waals surface area contributed by atoms with Crippen molar-refractivity contribution in [3.8, 4) is 11.5 Å². The van der Waals surface area contributed by atoms with Gasteiger partial charge in [0.05, 0.1) is 40.3 Å². The summed E-state index contributed by atoms with van der Waals surface area (Å²) in [5.41, 5.74) is 1.54. The average Bonchev–Trinajstić information content (AvgIpc) is 2.63. The van der Waals surface area contributed by atoms with Crippen molar-refractivity contribution < 1.29 is 29.3 Å². The van der Waals surface area contributed by atoms with Crippen LogP contribution in [0.15, 0.2) is 24.3 Å². The number of carbonyl (C=O) groups is 2. The summed E-state index contributed by atoms with van der Waals surface area (Å²) in [7, 11) is 0. The van der Waals surface area contributed by atoms with Crippen molar-refractivity contribution in [1.82, 2.24) is 0 Å². The summed E-state index contributed by atoms with van der Waals surface area (Å²) in [6, 6.07) is 6.97. The van der Waals surface area contributed by atoms with E-state index in [1.54, 1.807) is 24.3 Å². The molecule has 0 heterocycles. The van der Waals surface area contributed by atoms with Gasteiger partial charge in [0.2, 0.25) is 0 Å². The molecule has 6 nitrogen and oxygen atoms in total. The number of rotatable bonds is 8. The molecule has 2 N–H and O–H groups in total. The second kappa shape index (κ2) is 12.1. The molecule has 0 saturated carbocycles. The Kier molecular flexibility index (Phi) is 10.5. The lowest BCUT2D eigenvalue weighted by Crippen LogP contribution is -2.13.